The summed E-state index contributed by atoms with van der Waals surface area (Å²) in [6.07, 6.45) is 1.30. The van der Waals surface area contributed by atoms with Crippen LogP contribution in [0.2, 0.25) is 0 Å². The molecule has 0 atom stereocenters. The van der Waals surface area contributed by atoms with Crippen molar-refractivity contribution in [2.24, 2.45) is 0 Å². The molecule has 0 bridgehead atoms. The summed E-state index contributed by atoms with van der Waals surface area (Å²) in [5, 5.41) is 20.1. The lowest BCUT2D eigenvalue weighted by Gasteiger charge is -2.08. The van der Waals surface area contributed by atoms with Crippen LogP contribution in [0.15, 0.2) is 47.5 Å². The van der Waals surface area contributed by atoms with E-state index in [1.807, 2.05) is 0 Å². The maximum atomic E-state index is 12.0. The molecule has 0 aliphatic rings. The van der Waals surface area contributed by atoms with Crippen LogP contribution >= 0.6 is 0 Å². The number of nitrogens with zero attached hydrogens (tertiary/aromatic N) is 2. The van der Waals surface area contributed by atoms with Gasteiger partial charge in [-0.25, -0.2) is 13.4 Å². The molecule has 2 aromatic rings. The Labute approximate surface area is 113 Å². The maximum Gasteiger partial charge on any atom is 0.270 e. The third kappa shape index (κ3) is 2.83. The average Bonchev–Trinajstić information content (AvgIpc) is 2.41. The highest BCUT2D eigenvalue weighted by Crippen LogP contribution is 2.24. The molecular formula is C11H9N3O5S. The Morgan fingerprint density at radius 1 is 1.25 bits per heavy atom. The van der Waals surface area contributed by atoms with Crippen LogP contribution in [0.3, 0.4) is 0 Å². The van der Waals surface area contributed by atoms with Gasteiger partial charge in [0.05, 0.1) is 9.82 Å². The molecule has 0 spiro atoms. The first-order valence-corrected chi connectivity index (χ1v) is 6.80. The second-order valence-corrected chi connectivity index (χ2v) is 5.41. The summed E-state index contributed by atoms with van der Waals surface area (Å²) in [4.78, 5) is 13.3. The van der Waals surface area contributed by atoms with Crippen molar-refractivity contribution in [3.8, 4) is 5.75 Å². The minimum Gasteiger partial charge on any atom is -0.504 e. The number of nitro benzene ring substituents is 1. The van der Waals surface area contributed by atoms with E-state index in [4.69, 9.17) is 0 Å². The van der Waals surface area contributed by atoms with Gasteiger partial charge in [-0.2, -0.15) is 0 Å². The number of hydrogen-bond donors (Lipinski definition) is 2. The topological polar surface area (TPSA) is 122 Å². The summed E-state index contributed by atoms with van der Waals surface area (Å²) >= 11 is 0. The molecule has 0 saturated carbocycles. The Hall–Kier alpha value is -2.68. The number of pyridine rings is 1. The maximum absolute atomic E-state index is 12.0. The van der Waals surface area contributed by atoms with Gasteiger partial charge in [0.2, 0.25) is 0 Å². The number of anilines is 1. The van der Waals surface area contributed by atoms with Crippen molar-refractivity contribution < 1.29 is 18.4 Å². The van der Waals surface area contributed by atoms with Gasteiger partial charge in [-0.1, -0.05) is 6.07 Å². The summed E-state index contributed by atoms with van der Waals surface area (Å²) in [5.74, 6) is -0.597. The van der Waals surface area contributed by atoms with Crippen LogP contribution in [-0.2, 0) is 10.0 Å². The first kappa shape index (κ1) is 13.7. The van der Waals surface area contributed by atoms with Crippen molar-refractivity contribution in [3.63, 3.8) is 0 Å². The fraction of sp³-hybridized carbons (Fsp3) is 0. The van der Waals surface area contributed by atoms with Gasteiger partial charge in [0.25, 0.3) is 15.7 Å². The number of non-ortho nitro benzene ring substituents is 1. The van der Waals surface area contributed by atoms with Gasteiger partial charge >= 0.3 is 0 Å². The van der Waals surface area contributed by atoms with E-state index in [-0.39, 0.29) is 22.2 Å². The van der Waals surface area contributed by atoms with Crippen molar-refractivity contribution in [2.75, 3.05) is 4.72 Å². The monoisotopic (exact) mass is 295 g/mol. The molecule has 9 heteroatoms. The molecule has 2 N–H and O–H groups in total. The van der Waals surface area contributed by atoms with Crippen LogP contribution in [-0.4, -0.2) is 23.4 Å². The van der Waals surface area contributed by atoms with Crippen LogP contribution in [0, 0.1) is 10.1 Å². The molecule has 1 heterocycles. The van der Waals surface area contributed by atoms with E-state index in [1.54, 1.807) is 0 Å². The normalized spacial score (nSPS) is 11.0. The van der Waals surface area contributed by atoms with Crippen molar-refractivity contribution in [2.45, 2.75) is 4.90 Å². The Bertz CT molecular complexity index is 760. The molecule has 0 aliphatic carbocycles. The molecule has 8 nitrogen and oxygen atoms in total. The largest absolute Gasteiger partial charge is 0.504 e. The molecule has 0 aliphatic heterocycles. The number of sulfonamides is 1. The summed E-state index contributed by atoms with van der Waals surface area (Å²) in [6, 6.07) is 7.25. The minimum atomic E-state index is -4.07. The third-order valence-corrected chi connectivity index (χ3v) is 3.69. The molecule has 2 rings (SSSR count). The van der Waals surface area contributed by atoms with E-state index in [1.165, 1.54) is 36.5 Å². The summed E-state index contributed by atoms with van der Waals surface area (Å²) < 4.78 is 26.1. The molecule has 0 unspecified atom stereocenters. The van der Waals surface area contributed by atoms with Gasteiger partial charge in [-0.15, -0.1) is 0 Å². The van der Waals surface area contributed by atoms with Crippen molar-refractivity contribution >= 4 is 21.5 Å². The number of nitro groups is 1. The minimum absolute atomic E-state index is 0.251. The predicted molar refractivity (Wildman–Crippen MR) is 69.8 cm³/mol. The van der Waals surface area contributed by atoms with E-state index >= 15 is 0 Å². The van der Waals surface area contributed by atoms with E-state index in [0.29, 0.717) is 0 Å². The van der Waals surface area contributed by atoms with E-state index in [2.05, 4.69) is 9.71 Å². The molecule has 0 fully saturated rings. The lowest BCUT2D eigenvalue weighted by Crippen LogP contribution is -2.14. The zero-order chi connectivity index (χ0) is 14.8. The second-order valence-electron chi connectivity index (χ2n) is 3.73. The Balaban J connectivity index is 2.38. The van der Waals surface area contributed by atoms with E-state index in [9.17, 15) is 23.6 Å². The first-order chi connectivity index (χ1) is 9.40. The summed E-state index contributed by atoms with van der Waals surface area (Å²) in [6.45, 7) is 0. The average molecular weight is 295 g/mol. The lowest BCUT2D eigenvalue weighted by molar-refractivity contribution is -0.385. The highest BCUT2D eigenvalue weighted by molar-refractivity contribution is 7.92. The fourth-order valence-corrected chi connectivity index (χ4v) is 2.49. The van der Waals surface area contributed by atoms with Crippen LogP contribution in [0.4, 0.5) is 11.5 Å². The van der Waals surface area contributed by atoms with Gasteiger partial charge < -0.3 is 5.11 Å². The summed E-state index contributed by atoms with van der Waals surface area (Å²) in [5.41, 5.74) is -0.349. The zero-order valence-corrected chi connectivity index (χ0v) is 10.7. The Kier molecular flexibility index (Phi) is 3.53. The zero-order valence-electron chi connectivity index (χ0n) is 9.92. The third-order valence-electron chi connectivity index (χ3n) is 2.36. The fourth-order valence-electron chi connectivity index (χ4n) is 1.43. The number of rotatable bonds is 4. The van der Waals surface area contributed by atoms with Gasteiger partial charge in [-0.3, -0.25) is 14.8 Å². The smallest absolute Gasteiger partial charge is 0.270 e. The highest BCUT2D eigenvalue weighted by Gasteiger charge is 2.19. The van der Waals surface area contributed by atoms with Gasteiger partial charge in [0.15, 0.2) is 11.6 Å². The number of benzene rings is 1. The van der Waals surface area contributed by atoms with Gasteiger partial charge in [-0.05, 0) is 18.2 Å². The van der Waals surface area contributed by atoms with E-state index in [0.717, 1.165) is 6.07 Å². The molecule has 1 aromatic heterocycles. The quantitative estimate of drug-likeness (QED) is 0.651. The van der Waals surface area contributed by atoms with Crippen LogP contribution < -0.4 is 4.72 Å². The molecule has 1 aromatic carbocycles. The molecule has 0 saturated heterocycles. The molecule has 0 amide bonds. The lowest BCUT2D eigenvalue weighted by atomic mass is 10.3. The first-order valence-electron chi connectivity index (χ1n) is 5.31. The van der Waals surface area contributed by atoms with Crippen molar-refractivity contribution in [1.29, 1.82) is 0 Å². The van der Waals surface area contributed by atoms with Crippen molar-refractivity contribution in [1.82, 2.24) is 4.98 Å². The molecule has 20 heavy (non-hydrogen) atoms. The number of hydrogen-bond acceptors (Lipinski definition) is 6. The predicted octanol–water partition coefficient (Wildman–Crippen LogP) is 1.50. The summed E-state index contributed by atoms with van der Waals surface area (Å²) in [7, 11) is -4.07. The SMILES string of the molecule is O=[N+]([O-])c1cccc(S(=O)(=O)Nc2ncccc2O)c1. The van der Waals surface area contributed by atoms with Crippen LogP contribution in [0.1, 0.15) is 0 Å². The standard InChI is InChI=1S/C11H9N3O5S/c15-10-5-2-6-12-11(10)13-20(18,19)9-4-1-3-8(7-9)14(16)17/h1-7,15H,(H,12,13). The Morgan fingerprint density at radius 2 is 2.00 bits per heavy atom. The van der Waals surface area contributed by atoms with E-state index < -0.39 is 14.9 Å². The van der Waals surface area contributed by atoms with Gasteiger partial charge in [0, 0.05) is 18.3 Å². The number of nitrogens with one attached hydrogen (secondary N) is 1. The second kappa shape index (κ2) is 5.13. The molecule has 0 radical (unpaired) electrons. The number of aromatic hydroxyl groups is 1. The Morgan fingerprint density at radius 3 is 2.65 bits per heavy atom. The molecular weight excluding hydrogens is 286 g/mol. The highest BCUT2D eigenvalue weighted by atomic mass is 32.2. The van der Waals surface area contributed by atoms with Crippen molar-refractivity contribution in [3.05, 3.63) is 52.7 Å². The number of aromatic nitrogens is 1. The van der Waals surface area contributed by atoms with Crippen LogP contribution in [0.25, 0.3) is 0 Å². The van der Waals surface area contributed by atoms with Crippen LogP contribution in [0.5, 0.6) is 5.75 Å². The molecule has 104 valence electrons. The van der Waals surface area contributed by atoms with Gasteiger partial charge in [0.1, 0.15) is 0 Å².